The molecule has 0 bridgehead atoms. The van der Waals surface area contributed by atoms with Gasteiger partial charge in [0.05, 0.1) is 11.5 Å². The van der Waals surface area contributed by atoms with Crippen molar-refractivity contribution in [3.8, 4) is 5.75 Å². The molecule has 30 heavy (non-hydrogen) atoms. The van der Waals surface area contributed by atoms with E-state index in [1.54, 1.807) is 12.1 Å². The average molecular weight is 412 g/mol. The van der Waals surface area contributed by atoms with Crippen molar-refractivity contribution in [1.29, 1.82) is 0 Å². The van der Waals surface area contributed by atoms with Gasteiger partial charge in [0, 0.05) is 6.54 Å². The van der Waals surface area contributed by atoms with Gasteiger partial charge in [-0.25, -0.2) is 0 Å². The lowest BCUT2D eigenvalue weighted by Crippen LogP contribution is -2.27. The van der Waals surface area contributed by atoms with Crippen molar-refractivity contribution in [1.82, 2.24) is 15.1 Å². The Balaban J connectivity index is 1.52. The number of benzene rings is 1. The van der Waals surface area contributed by atoms with E-state index in [2.05, 4.69) is 36.4 Å². The second kappa shape index (κ2) is 9.25. The number of hydrogen-bond donors (Lipinski definition) is 1. The highest BCUT2D eigenvalue weighted by atomic mass is 16.6. The van der Waals surface area contributed by atoms with Gasteiger partial charge in [-0.05, 0) is 42.2 Å². The monoisotopic (exact) mass is 412 g/mol. The van der Waals surface area contributed by atoms with Gasteiger partial charge in [-0.2, -0.15) is 5.10 Å². The standard InChI is InChI=1S/C21H24N4O5/c1-14(2)18-6-4-15(3)10-20(18)29-13-17-5-7-19(30-17)21(26)22-8-9-24-12-16(11-23-24)25(27)28/h4-7,10-12,14H,8-9,13H2,1-3H3,(H,22,26). The molecule has 0 spiro atoms. The fourth-order valence-corrected chi connectivity index (χ4v) is 2.91. The van der Waals surface area contributed by atoms with Crippen molar-refractivity contribution >= 4 is 11.6 Å². The minimum Gasteiger partial charge on any atom is -0.485 e. The third kappa shape index (κ3) is 5.25. The van der Waals surface area contributed by atoms with E-state index in [0.29, 0.717) is 18.2 Å². The van der Waals surface area contributed by atoms with E-state index in [9.17, 15) is 14.9 Å². The van der Waals surface area contributed by atoms with Crippen molar-refractivity contribution in [2.45, 2.75) is 39.8 Å². The van der Waals surface area contributed by atoms with E-state index in [4.69, 9.17) is 9.15 Å². The van der Waals surface area contributed by atoms with Crippen LogP contribution in [0.1, 0.15) is 47.2 Å². The lowest BCUT2D eigenvalue weighted by Gasteiger charge is -2.14. The van der Waals surface area contributed by atoms with Crippen molar-refractivity contribution in [3.63, 3.8) is 0 Å². The molecule has 9 heteroatoms. The van der Waals surface area contributed by atoms with Crippen molar-refractivity contribution in [2.24, 2.45) is 0 Å². The van der Waals surface area contributed by atoms with E-state index >= 15 is 0 Å². The van der Waals surface area contributed by atoms with Crippen LogP contribution in [0.5, 0.6) is 5.75 Å². The third-order valence-electron chi connectivity index (χ3n) is 4.50. The van der Waals surface area contributed by atoms with E-state index in [1.807, 2.05) is 13.0 Å². The molecule has 0 aliphatic heterocycles. The Labute approximate surface area is 173 Å². The van der Waals surface area contributed by atoms with Crippen LogP contribution in [0.2, 0.25) is 0 Å². The molecule has 2 heterocycles. The summed E-state index contributed by atoms with van der Waals surface area (Å²) in [4.78, 5) is 22.4. The Morgan fingerprint density at radius 3 is 2.83 bits per heavy atom. The summed E-state index contributed by atoms with van der Waals surface area (Å²) in [6, 6.07) is 9.40. The Kier molecular flexibility index (Phi) is 6.51. The average Bonchev–Trinajstić information content (AvgIpc) is 3.36. The predicted molar refractivity (Wildman–Crippen MR) is 110 cm³/mol. The zero-order valence-electron chi connectivity index (χ0n) is 17.1. The molecular formula is C21H24N4O5. The number of aryl methyl sites for hydroxylation is 1. The zero-order chi connectivity index (χ0) is 21.7. The molecule has 158 valence electrons. The number of ether oxygens (including phenoxy) is 1. The van der Waals surface area contributed by atoms with Crippen LogP contribution in [0.3, 0.4) is 0 Å². The largest absolute Gasteiger partial charge is 0.485 e. The van der Waals surface area contributed by atoms with Crippen molar-refractivity contribution in [3.05, 3.63) is 75.5 Å². The summed E-state index contributed by atoms with van der Waals surface area (Å²) in [6.45, 7) is 7.00. The number of carbonyl (C=O) groups is 1. The van der Waals surface area contributed by atoms with Gasteiger partial charge in [-0.3, -0.25) is 19.6 Å². The number of nitro groups is 1. The maximum Gasteiger partial charge on any atom is 0.306 e. The van der Waals surface area contributed by atoms with Gasteiger partial charge in [0.15, 0.2) is 5.76 Å². The molecule has 1 aromatic carbocycles. The molecule has 0 saturated carbocycles. The van der Waals surface area contributed by atoms with Gasteiger partial charge in [-0.1, -0.05) is 26.0 Å². The van der Waals surface area contributed by atoms with E-state index in [1.165, 1.54) is 17.1 Å². The van der Waals surface area contributed by atoms with E-state index in [0.717, 1.165) is 16.9 Å². The summed E-state index contributed by atoms with van der Waals surface area (Å²) in [5.41, 5.74) is 2.13. The summed E-state index contributed by atoms with van der Waals surface area (Å²) < 4.78 is 12.9. The first kappa shape index (κ1) is 21.1. The molecule has 1 N–H and O–H groups in total. The normalized spacial score (nSPS) is 10.9. The van der Waals surface area contributed by atoms with Crippen LogP contribution < -0.4 is 10.1 Å². The van der Waals surface area contributed by atoms with Crippen LogP contribution in [0.25, 0.3) is 0 Å². The zero-order valence-corrected chi connectivity index (χ0v) is 17.1. The van der Waals surface area contributed by atoms with Gasteiger partial charge < -0.3 is 14.5 Å². The third-order valence-corrected chi connectivity index (χ3v) is 4.50. The Hall–Kier alpha value is -3.62. The Morgan fingerprint density at radius 2 is 2.13 bits per heavy atom. The molecule has 0 unspecified atom stereocenters. The number of nitrogens with zero attached hydrogens (tertiary/aromatic N) is 3. The molecule has 1 amide bonds. The molecule has 0 saturated heterocycles. The highest BCUT2D eigenvalue weighted by Crippen LogP contribution is 2.28. The minimum atomic E-state index is -0.518. The van der Waals surface area contributed by atoms with Crippen molar-refractivity contribution in [2.75, 3.05) is 6.54 Å². The first-order valence-electron chi connectivity index (χ1n) is 9.60. The van der Waals surface area contributed by atoms with Gasteiger partial charge in [-0.15, -0.1) is 0 Å². The maximum absolute atomic E-state index is 12.2. The molecule has 2 aromatic heterocycles. The highest BCUT2D eigenvalue weighted by molar-refractivity contribution is 5.91. The predicted octanol–water partition coefficient (Wildman–Crippen LogP) is 3.83. The van der Waals surface area contributed by atoms with E-state index < -0.39 is 4.92 Å². The van der Waals surface area contributed by atoms with Crippen LogP contribution in [-0.2, 0) is 13.2 Å². The second-order valence-electron chi connectivity index (χ2n) is 7.23. The molecule has 0 atom stereocenters. The van der Waals surface area contributed by atoms with Crippen LogP contribution in [0, 0.1) is 17.0 Å². The summed E-state index contributed by atoms with van der Waals surface area (Å²) in [7, 11) is 0. The SMILES string of the molecule is Cc1ccc(C(C)C)c(OCc2ccc(C(=O)NCCn3cc([N+](=O)[O-])cn3)o2)c1. The van der Waals surface area contributed by atoms with Gasteiger partial charge in [0.2, 0.25) is 0 Å². The summed E-state index contributed by atoms with van der Waals surface area (Å²) >= 11 is 0. The number of amides is 1. The van der Waals surface area contributed by atoms with Gasteiger partial charge in [0.1, 0.15) is 30.5 Å². The minimum absolute atomic E-state index is 0.0914. The number of rotatable bonds is 9. The second-order valence-corrected chi connectivity index (χ2v) is 7.23. The number of furan rings is 1. The lowest BCUT2D eigenvalue weighted by molar-refractivity contribution is -0.385. The topological polar surface area (TPSA) is 112 Å². The molecule has 3 rings (SSSR count). The van der Waals surface area contributed by atoms with Crippen LogP contribution in [0.15, 0.2) is 47.1 Å². The summed E-state index contributed by atoms with van der Waals surface area (Å²) in [5.74, 6) is 1.48. The van der Waals surface area contributed by atoms with Crippen LogP contribution >= 0.6 is 0 Å². The fourth-order valence-electron chi connectivity index (χ4n) is 2.91. The molecule has 0 fully saturated rings. The first-order valence-corrected chi connectivity index (χ1v) is 9.60. The summed E-state index contributed by atoms with van der Waals surface area (Å²) in [5, 5.41) is 17.2. The first-order chi connectivity index (χ1) is 14.3. The fraction of sp³-hybridized carbons (Fsp3) is 0.333. The molecule has 0 aliphatic rings. The Bertz CT molecular complexity index is 1040. The number of nitrogens with one attached hydrogen (secondary N) is 1. The van der Waals surface area contributed by atoms with Crippen molar-refractivity contribution < 1.29 is 18.9 Å². The molecule has 0 radical (unpaired) electrons. The van der Waals surface area contributed by atoms with Gasteiger partial charge in [0.25, 0.3) is 5.91 Å². The highest BCUT2D eigenvalue weighted by Gasteiger charge is 2.14. The van der Waals surface area contributed by atoms with E-state index in [-0.39, 0.29) is 30.5 Å². The molecule has 0 aliphatic carbocycles. The quantitative estimate of drug-likeness (QED) is 0.422. The summed E-state index contributed by atoms with van der Waals surface area (Å²) in [6.07, 6.45) is 2.48. The smallest absolute Gasteiger partial charge is 0.306 e. The molecular weight excluding hydrogens is 388 g/mol. The van der Waals surface area contributed by atoms with Gasteiger partial charge >= 0.3 is 5.69 Å². The van der Waals surface area contributed by atoms with Crippen LogP contribution in [0.4, 0.5) is 5.69 Å². The maximum atomic E-state index is 12.2. The number of carbonyl (C=O) groups excluding carboxylic acids is 1. The van der Waals surface area contributed by atoms with Crippen LogP contribution in [-0.4, -0.2) is 27.2 Å². The lowest BCUT2D eigenvalue weighted by atomic mass is 10.0. The Morgan fingerprint density at radius 1 is 1.33 bits per heavy atom. The molecule has 9 nitrogen and oxygen atoms in total. The number of aromatic nitrogens is 2. The number of hydrogen-bond acceptors (Lipinski definition) is 6. The molecule has 3 aromatic rings.